The molecule has 2 aromatic carbocycles. The lowest BCUT2D eigenvalue weighted by molar-refractivity contribution is -0.154. The van der Waals surface area contributed by atoms with Crippen molar-refractivity contribution >= 4 is 16.9 Å². The van der Waals surface area contributed by atoms with E-state index < -0.39 is 5.60 Å². The van der Waals surface area contributed by atoms with Gasteiger partial charge in [0.1, 0.15) is 11.4 Å². The van der Waals surface area contributed by atoms with Gasteiger partial charge in [-0.1, -0.05) is 43.0 Å². The maximum absolute atomic E-state index is 13.6. The molecule has 1 heterocycles. The van der Waals surface area contributed by atoms with E-state index in [1.54, 1.807) is 16.7 Å². The summed E-state index contributed by atoms with van der Waals surface area (Å²) < 4.78 is 6.88. The number of fused-ring (bicyclic) bond motifs is 1. The number of benzene rings is 2. The molecule has 0 unspecified atom stereocenters. The minimum absolute atomic E-state index is 0.192. The van der Waals surface area contributed by atoms with Crippen LogP contribution in [0.15, 0.2) is 53.3 Å². The summed E-state index contributed by atoms with van der Waals surface area (Å²) >= 11 is 0. The van der Waals surface area contributed by atoms with E-state index in [2.05, 4.69) is 11.8 Å². The van der Waals surface area contributed by atoms with Crippen LogP contribution in [0.1, 0.15) is 64.4 Å². The summed E-state index contributed by atoms with van der Waals surface area (Å²) in [6.45, 7) is 7.45. The van der Waals surface area contributed by atoms with Gasteiger partial charge in [0.2, 0.25) is 0 Å². The van der Waals surface area contributed by atoms with Gasteiger partial charge in [-0.25, -0.2) is 4.98 Å². The van der Waals surface area contributed by atoms with Crippen molar-refractivity contribution in [1.29, 1.82) is 0 Å². The zero-order valence-corrected chi connectivity index (χ0v) is 19.0. The summed E-state index contributed by atoms with van der Waals surface area (Å²) in [6.07, 6.45) is 1.18. The number of rotatable bonds is 5. The molecule has 0 spiro atoms. The van der Waals surface area contributed by atoms with E-state index in [0.29, 0.717) is 40.8 Å². The molecule has 0 aliphatic rings. The molecule has 0 aliphatic carbocycles. The number of nitrogens with two attached hydrogens (primary N) is 1. The maximum Gasteiger partial charge on any atom is 0.307 e. The minimum atomic E-state index is -0.522. The van der Waals surface area contributed by atoms with Crippen molar-refractivity contribution in [3.05, 3.63) is 70.3 Å². The summed E-state index contributed by atoms with van der Waals surface area (Å²) in [5, 5.41) is 0.438. The number of esters is 1. The summed E-state index contributed by atoms with van der Waals surface area (Å²) in [6, 6.07) is 14.4. The van der Waals surface area contributed by atoms with Gasteiger partial charge in [0.25, 0.3) is 5.56 Å². The lowest BCUT2D eigenvalue weighted by atomic mass is 10.1. The van der Waals surface area contributed by atoms with Crippen LogP contribution < -0.4 is 11.3 Å². The van der Waals surface area contributed by atoms with Crippen molar-refractivity contribution in [2.45, 2.75) is 58.6 Å². The monoisotopic (exact) mass is 431 g/mol. The smallest absolute Gasteiger partial charge is 0.307 e. The molecule has 166 valence electrons. The number of carbonyl (C=O) groups excluding carboxylic acids is 1. The van der Waals surface area contributed by atoms with Crippen molar-refractivity contribution in [1.82, 2.24) is 9.55 Å². The van der Waals surface area contributed by atoms with E-state index in [9.17, 15) is 9.59 Å². The minimum Gasteiger partial charge on any atom is -0.460 e. The first-order chi connectivity index (χ1) is 15.2. The summed E-state index contributed by atoms with van der Waals surface area (Å²) in [4.78, 5) is 30.3. The van der Waals surface area contributed by atoms with Gasteiger partial charge >= 0.3 is 5.97 Å². The Hall–Kier alpha value is -3.43. The van der Waals surface area contributed by atoms with E-state index in [1.807, 2.05) is 64.1 Å². The average molecular weight is 432 g/mol. The van der Waals surface area contributed by atoms with Crippen LogP contribution in [0.5, 0.6) is 0 Å². The predicted molar refractivity (Wildman–Crippen MR) is 127 cm³/mol. The molecule has 0 fully saturated rings. The van der Waals surface area contributed by atoms with Gasteiger partial charge in [-0.3, -0.25) is 14.2 Å². The number of carbonyl (C=O) groups is 1. The Morgan fingerprint density at radius 3 is 2.53 bits per heavy atom. The highest BCUT2D eigenvalue weighted by Gasteiger charge is 2.19. The standard InChI is InChI=1S/C26H29N3O3/c1-5-20(27)24-28-21-16-11-13-18(12-9-10-17-22(30)32-26(2,3)4)23(21)25(31)29(24)19-14-7-6-8-15-19/h6-8,11,13-16,20H,5,10,17,27H2,1-4H3/t20-/m0/s1. The highest BCUT2D eigenvalue weighted by atomic mass is 16.6. The lowest BCUT2D eigenvalue weighted by Gasteiger charge is -2.18. The average Bonchev–Trinajstić information content (AvgIpc) is 2.75. The van der Waals surface area contributed by atoms with Gasteiger partial charge in [-0.05, 0) is 51.5 Å². The van der Waals surface area contributed by atoms with Gasteiger partial charge in [-0.2, -0.15) is 0 Å². The molecule has 0 radical (unpaired) electrons. The Labute approximate surface area is 188 Å². The second-order valence-corrected chi connectivity index (χ2v) is 8.55. The zero-order valence-electron chi connectivity index (χ0n) is 19.0. The topological polar surface area (TPSA) is 87.2 Å². The Balaban J connectivity index is 2.04. The number of para-hydroxylation sites is 1. The van der Waals surface area contributed by atoms with Crippen molar-refractivity contribution in [2.24, 2.45) is 5.73 Å². The Morgan fingerprint density at radius 1 is 1.16 bits per heavy atom. The van der Waals surface area contributed by atoms with Crippen LogP contribution in [-0.2, 0) is 9.53 Å². The molecule has 3 rings (SSSR count). The normalized spacial score (nSPS) is 12.2. The first kappa shape index (κ1) is 23.2. The van der Waals surface area contributed by atoms with Crippen LogP contribution in [0, 0.1) is 11.8 Å². The first-order valence-electron chi connectivity index (χ1n) is 10.8. The largest absolute Gasteiger partial charge is 0.460 e. The predicted octanol–water partition coefficient (Wildman–Crippen LogP) is 4.27. The second-order valence-electron chi connectivity index (χ2n) is 8.55. The van der Waals surface area contributed by atoms with E-state index >= 15 is 0 Å². The fraction of sp³-hybridized carbons (Fsp3) is 0.346. The van der Waals surface area contributed by atoms with Crippen molar-refractivity contribution in [3.63, 3.8) is 0 Å². The fourth-order valence-corrected chi connectivity index (χ4v) is 3.32. The van der Waals surface area contributed by atoms with Gasteiger partial charge in [0.05, 0.1) is 29.1 Å². The molecule has 0 saturated heterocycles. The maximum atomic E-state index is 13.6. The Morgan fingerprint density at radius 2 is 1.88 bits per heavy atom. The molecule has 2 N–H and O–H groups in total. The van der Waals surface area contributed by atoms with Gasteiger partial charge < -0.3 is 10.5 Å². The molecular formula is C26H29N3O3. The van der Waals surface area contributed by atoms with Gasteiger partial charge in [0, 0.05) is 12.0 Å². The first-order valence-corrected chi connectivity index (χ1v) is 10.8. The number of nitrogens with zero attached hydrogens (tertiary/aromatic N) is 2. The van der Waals surface area contributed by atoms with Crippen LogP contribution in [0.2, 0.25) is 0 Å². The third-order valence-electron chi connectivity index (χ3n) is 4.81. The molecule has 3 aromatic rings. The van der Waals surface area contributed by atoms with E-state index in [4.69, 9.17) is 15.5 Å². The number of aromatic nitrogens is 2. The van der Waals surface area contributed by atoms with Crippen molar-refractivity contribution in [3.8, 4) is 17.5 Å². The number of hydrogen-bond donors (Lipinski definition) is 1. The zero-order chi connectivity index (χ0) is 23.3. The molecule has 0 amide bonds. The van der Waals surface area contributed by atoms with Crippen LogP contribution in [0.25, 0.3) is 16.6 Å². The second kappa shape index (κ2) is 9.80. The molecular weight excluding hydrogens is 402 g/mol. The van der Waals surface area contributed by atoms with Crippen LogP contribution in [-0.4, -0.2) is 21.1 Å². The molecule has 32 heavy (non-hydrogen) atoms. The third-order valence-corrected chi connectivity index (χ3v) is 4.81. The van der Waals surface area contributed by atoms with Gasteiger partial charge in [0.15, 0.2) is 0 Å². The molecule has 1 atom stereocenters. The van der Waals surface area contributed by atoms with E-state index in [1.165, 1.54) is 0 Å². The molecule has 0 bridgehead atoms. The number of ether oxygens (including phenoxy) is 1. The number of hydrogen-bond acceptors (Lipinski definition) is 5. The SMILES string of the molecule is CC[C@H](N)c1nc2cccc(C#CCCC(=O)OC(C)(C)C)c2c(=O)n1-c1ccccc1. The van der Waals surface area contributed by atoms with Gasteiger partial charge in [-0.15, -0.1) is 0 Å². The molecule has 0 aliphatic heterocycles. The highest BCUT2D eigenvalue weighted by Crippen LogP contribution is 2.20. The summed E-state index contributed by atoms with van der Waals surface area (Å²) in [5.41, 5.74) is 7.41. The molecule has 6 heteroatoms. The summed E-state index contributed by atoms with van der Waals surface area (Å²) in [5.74, 6) is 6.26. The Bertz CT molecular complexity index is 1230. The van der Waals surface area contributed by atoms with E-state index in [0.717, 1.165) is 0 Å². The lowest BCUT2D eigenvalue weighted by Crippen LogP contribution is -2.28. The van der Waals surface area contributed by atoms with Crippen molar-refractivity contribution in [2.75, 3.05) is 0 Å². The quantitative estimate of drug-likeness (QED) is 0.482. The summed E-state index contributed by atoms with van der Waals surface area (Å²) in [7, 11) is 0. The third kappa shape index (κ3) is 5.43. The molecule has 0 saturated carbocycles. The van der Waals surface area contributed by atoms with Crippen LogP contribution in [0.3, 0.4) is 0 Å². The van der Waals surface area contributed by atoms with Crippen molar-refractivity contribution < 1.29 is 9.53 Å². The fourth-order valence-electron chi connectivity index (χ4n) is 3.32. The molecule has 6 nitrogen and oxygen atoms in total. The van der Waals surface area contributed by atoms with Crippen LogP contribution >= 0.6 is 0 Å². The van der Waals surface area contributed by atoms with E-state index in [-0.39, 0.29) is 24.0 Å². The highest BCUT2D eigenvalue weighted by molar-refractivity contribution is 5.84. The Kier molecular flexibility index (Phi) is 7.12. The van der Waals surface area contributed by atoms with Crippen LogP contribution in [0.4, 0.5) is 0 Å². The molecule has 1 aromatic heterocycles.